The third-order valence-corrected chi connectivity index (χ3v) is 5.15. The van der Waals surface area contributed by atoms with Gasteiger partial charge in [-0.2, -0.15) is 0 Å². The molecule has 3 aromatic rings. The topological polar surface area (TPSA) is 130 Å². The molecular weight excluding hydrogens is 447 g/mol. The van der Waals surface area contributed by atoms with Gasteiger partial charge in [-0.25, -0.2) is 19.1 Å². The van der Waals surface area contributed by atoms with Crippen LogP contribution in [0.25, 0.3) is 11.0 Å². The molecule has 1 unspecified atom stereocenters. The first-order valence-corrected chi connectivity index (χ1v) is 10.8. The van der Waals surface area contributed by atoms with E-state index in [4.69, 9.17) is 22.1 Å². The summed E-state index contributed by atoms with van der Waals surface area (Å²) in [6, 6.07) is 7.56. The van der Waals surface area contributed by atoms with E-state index < -0.39 is 22.9 Å². The molecule has 2 aromatic carbocycles. The Morgan fingerprint density at radius 2 is 2.10 bits per heavy atom. The molecule has 1 atom stereocenters. The van der Waals surface area contributed by atoms with E-state index in [-0.39, 0.29) is 47.2 Å². The fraction of sp³-hybridized carbons (Fsp3) is 0.250. The molecule has 0 saturated carbocycles. The van der Waals surface area contributed by atoms with Crippen LogP contribution in [0.5, 0.6) is 5.88 Å². The smallest absolute Gasteiger partial charge is 0.232 e. The molecule has 1 heterocycles. The van der Waals surface area contributed by atoms with Gasteiger partial charge in [0, 0.05) is 29.9 Å². The van der Waals surface area contributed by atoms with E-state index in [0.717, 1.165) is 0 Å². The highest BCUT2D eigenvalue weighted by molar-refractivity contribution is 7.77. The highest BCUT2D eigenvalue weighted by Gasteiger charge is 2.21. The fourth-order valence-corrected chi connectivity index (χ4v) is 3.49. The van der Waals surface area contributed by atoms with Crippen LogP contribution in [0.4, 0.5) is 4.39 Å². The second-order valence-corrected chi connectivity index (χ2v) is 7.67. The molecule has 164 valence electrons. The Hall–Kier alpha value is -2.50. The lowest BCUT2D eigenvalue weighted by atomic mass is 9.98. The Morgan fingerprint density at radius 3 is 2.84 bits per heavy atom. The maximum atomic E-state index is 15.1. The van der Waals surface area contributed by atoms with Crippen molar-refractivity contribution in [3.8, 4) is 5.88 Å². The van der Waals surface area contributed by atoms with Crippen LogP contribution in [0.15, 0.2) is 36.5 Å². The molecule has 0 fully saturated rings. The number of ketones is 1. The highest BCUT2D eigenvalue weighted by Crippen LogP contribution is 2.27. The lowest BCUT2D eigenvalue weighted by Gasteiger charge is -2.11. The fourth-order valence-electron chi connectivity index (χ4n) is 2.94. The van der Waals surface area contributed by atoms with Gasteiger partial charge in [0.1, 0.15) is 12.4 Å². The Balaban J connectivity index is 1.88. The molecular formula is C20H19ClFN4O4S-. The number of nitrogens with zero attached hydrogens (tertiary/aromatic N) is 2. The van der Waals surface area contributed by atoms with Gasteiger partial charge < -0.3 is 15.0 Å². The molecule has 31 heavy (non-hydrogen) atoms. The first kappa shape index (κ1) is 23.2. The van der Waals surface area contributed by atoms with Gasteiger partial charge in [0.15, 0.2) is 5.78 Å². The minimum atomic E-state index is -2.38. The molecule has 3 N–H and O–H groups in total. The Bertz CT molecular complexity index is 1130. The monoisotopic (exact) mass is 465 g/mol. The van der Waals surface area contributed by atoms with E-state index in [1.807, 2.05) is 0 Å². The van der Waals surface area contributed by atoms with Gasteiger partial charge >= 0.3 is 0 Å². The zero-order chi connectivity index (χ0) is 22.4. The molecule has 0 saturated heterocycles. The van der Waals surface area contributed by atoms with Gasteiger partial charge in [0.2, 0.25) is 5.88 Å². The van der Waals surface area contributed by atoms with Crippen molar-refractivity contribution in [2.24, 2.45) is 5.73 Å². The van der Waals surface area contributed by atoms with E-state index in [1.54, 1.807) is 6.07 Å². The first-order chi connectivity index (χ1) is 14.9. The molecule has 1 aromatic heterocycles. The van der Waals surface area contributed by atoms with Crippen molar-refractivity contribution in [3.05, 3.63) is 64.1 Å². The van der Waals surface area contributed by atoms with Crippen molar-refractivity contribution < 1.29 is 22.7 Å². The molecule has 0 aliphatic heterocycles. The summed E-state index contributed by atoms with van der Waals surface area (Å²) in [5.41, 5.74) is 6.58. The van der Waals surface area contributed by atoms with Crippen molar-refractivity contribution in [3.63, 3.8) is 0 Å². The lowest BCUT2D eigenvalue weighted by molar-refractivity contribution is 0.103. The molecule has 0 amide bonds. The Morgan fingerprint density at radius 1 is 1.29 bits per heavy atom. The summed E-state index contributed by atoms with van der Waals surface area (Å²) in [5.74, 6) is -1.06. The molecule has 0 bridgehead atoms. The number of carbonyl (C=O) groups excluding carboxylic acids is 1. The predicted molar refractivity (Wildman–Crippen MR) is 114 cm³/mol. The number of aromatic nitrogens is 2. The number of aryl methyl sites for hydroxylation is 1. The lowest BCUT2D eigenvalue weighted by Crippen LogP contribution is -2.18. The maximum absolute atomic E-state index is 15.1. The van der Waals surface area contributed by atoms with Crippen LogP contribution in [0.1, 0.15) is 27.9 Å². The average molecular weight is 466 g/mol. The minimum Gasteiger partial charge on any atom is -0.760 e. The second kappa shape index (κ2) is 10.7. The Labute approximate surface area is 185 Å². The first-order valence-electron chi connectivity index (χ1n) is 9.34. The van der Waals surface area contributed by atoms with Gasteiger partial charge in [0.05, 0.1) is 27.8 Å². The SMILES string of the molecule is NCCOc1cnc2ccc(C(=O)c3c(Cl)ccc(CCCNS(=O)[O-])c3F)cc2n1. The molecule has 0 aliphatic rings. The summed E-state index contributed by atoms with van der Waals surface area (Å²) >= 11 is 3.76. The largest absolute Gasteiger partial charge is 0.760 e. The number of nitrogens with two attached hydrogens (primary N) is 1. The van der Waals surface area contributed by atoms with Gasteiger partial charge in [-0.05, 0) is 42.7 Å². The van der Waals surface area contributed by atoms with Crippen molar-refractivity contribution in [2.75, 3.05) is 19.7 Å². The normalized spacial score (nSPS) is 12.1. The molecule has 0 radical (unpaired) electrons. The average Bonchev–Trinajstić information content (AvgIpc) is 2.75. The van der Waals surface area contributed by atoms with Crippen LogP contribution in [-0.4, -0.2) is 44.2 Å². The number of rotatable bonds is 10. The summed E-state index contributed by atoms with van der Waals surface area (Å²) in [6.45, 7) is 0.739. The molecule has 0 spiro atoms. The molecule has 0 aliphatic carbocycles. The number of ether oxygens (including phenoxy) is 1. The molecule has 11 heteroatoms. The van der Waals surface area contributed by atoms with E-state index in [9.17, 15) is 13.6 Å². The summed E-state index contributed by atoms with van der Waals surface area (Å²) in [7, 11) is 0. The number of halogens is 2. The van der Waals surface area contributed by atoms with Gasteiger partial charge in [0.25, 0.3) is 0 Å². The van der Waals surface area contributed by atoms with Crippen LogP contribution < -0.4 is 15.2 Å². The van der Waals surface area contributed by atoms with E-state index in [1.165, 1.54) is 30.5 Å². The number of carbonyl (C=O) groups is 1. The van der Waals surface area contributed by atoms with Crippen LogP contribution in [0.2, 0.25) is 5.02 Å². The predicted octanol–water partition coefficient (Wildman–Crippen LogP) is 2.31. The summed E-state index contributed by atoms with van der Waals surface area (Å²) in [4.78, 5) is 21.6. The van der Waals surface area contributed by atoms with Crippen molar-refractivity contribution in [1.29, 1.82) is 0 Å². The van der Waals surface area contributed by atoms with Crippen LogP contribution in [-0.2, 0) is 17.7 Å². The number of hydrogen-bond acceptors (Lipinski definition) is 7. The summed E-state index contributed by atoms with van der Waals surface area (Å²) in [5, 5.41) is -0.0174. The number of hydrogen-bond donors (Lipinski definition) is 2. The number of benzene rings is 2. The standard InChI is InChI=1S/C20H20ClFN4O4S/c21-14-5-3-12(2-1-8-25-31(28)29)19(22)18(14)20(27)13-4-6-15-16(10-13)26-17(11-24-15)30-9-7-23/h3-6,10-11,25H,1-2,7-9,23H2,(H,28,29)/p-1. The van der Waals surface area contributed by atoms with Gasteiger partial charge in [-0.15, -0.1) is 0 Å². The zero-order valence-corrected chi connectivity index (χ0v) is 17.8. The minimum absolute atomic E-state index is 0.0174. The molecule has 8 nitrogen and oxygen atoms in total. The summed E-state index contributed by atoms with van der Waals surface area (Å²) < 4.78 is 43.7. The second-order valence-electron chi connectivity index (χ2n) is 6.51. The van der Waals surface area contributed by atoms with Crippen molar-refractivity contribution in [2.45, 2.75) is 12.8 Å². The van der Waals surface area contributed by atoms with E-state index in [0.29, 0.717) is 24.0 Å². The van der Waals surface area contributed by atoms with Gasteiger partial charge in [-0.1, -0.05) is 17.7 Å². The van der Waals surface area contributed by atoms with E-state index >= 15 is 4.39 Å². The maximum Gasteiger partial charge on any atom is 0.232 e. The number of nitrogens with one attached hydrogen (secondary N) is 1. The third-order valence-electron chi connectivity index (χ3n) is 4.39. The van der Waals surface area contributed by atoms with Crippen molar-refractivity contribution in [1.82, 2.24) is 14.7 Å². The number of fused-ring (bicyclic) bond motifs is 1. The highest BCUT2D eigenvalue weighted by atomic mass is 35.5. The summed E-state index contributed by atoms with van der Waals surface area (Å²) in [6.07, 6.45) is 2.05. The van der Waals surface area contributed by atoms with Crippen LogP contribution >= 0.6 is 11.6 Å². The van der Waals surface area contributed by atoms with Crippen LogP contribution in [0, 0.1) is 5.82 Å². The van der Waals surface area contributed by atoms with E-state index in [2.05, 4.69) is 14.7 Å². The van der Waals surface area contributed by atoms with Crippen molar-refractivity contribution >= 4 is 39.7 Å². The zero-order valence-electron chi connectivity index (χ0n) is 16.3. The van der Waals surface area contributed by atoms with Crippen LogP contribution in [0.3, 0.4) is 0 Å². The quantitative estimate of drug-likeness (QED) is 0.267. The molecule has 3 rings (SSSR count). The Kier molecular flexibility index (Phi) is 7.99. The third kappa shape index (κ3) is 5.81. The van der Waals surface area contributed by atoms with Gasteiger partial charge in [-0.3, -0.25) is 9.00 Å².